The van der Waals surface area contributed by atoms with E-state index in [-0.39, 0.29) is 10.8 Å². The summed E-state index contributed by atoms with van der Waals surface area (Å²) in [4.78, 5) is 10.6. The molecule has 1 N–H and O–H groups in total. The van der Waals surface area contributed by atoms with Crippen LogP contribution >= 0.6 is 23.2 Å². The zero-order chi connectivity index (χ0) is 8.43. The van der Waals surface area contributed by atoms with Gasteiger partial charge in [-0.15, -0.1) is 23.2 Å². The predicted molar refractivity (Wildman–Crippen MR) is 44.3 cm³/mol. The molecule has 0 amide bonds. The fourth-order valence-corrected chi connectivity index (χ4v) is 1.99. The van der Waals surface area contributed by atoms with Gasteiger partial charge in [0, 0.05) is 10.8 Å². The number of hydrogen-bond acceptors (Lipinski definition) is 1. The van der Waals surface area contributed by atoms with Crippen LogP contribution in [0.25, 0.3) is 0 Å². The van der Waals surface area contributed by atoms with Crippen LogP contribution in [0.5, 0.6) is 0 Å². The average Bonchev–Trinajstić information content (AvgIpc) is 1.94. The minimum Gasteiger partial charge on any atom is -0.481 e. The maximum absolute atomic E-state index is 10.6. The highest BCUT2D eigenvalue weighted by Crippen LogP contribution is 2.31. The average molecular weight is 197 g/mol. The summed E-state index contributed by atoms with van der Waals surface area (Å²) in [5, 5.41) is 8.44. The third-order valence-corrected chi connectivity index (χ3v) is 2.94. The van der Waals surface area contributed by atoms with Crippen molar-refractivity contribution in [2.45, 2.75) is 30.0 Å². The number of hydrogen-bond donors (Lipinski definition) is 1. The zero-order valence-corrected chi connectivity index (χ0v) is 7.48. The van der Waals surface area contributed by atoms with E-state index < -0.39 is 11.9 Å². The van der Waals surface area contributed by atoms with Crippen molar-refractivity contribution in [2.24, 2.45) is 5.92 Å². The highest BCUT2D eigenvalue weighted by atomic mass is 35.5. The molecule has 4 heteroatoms. The number of halogens is 2. The molecule has 3 atom stereocenters. The molecule has 0 heterocycles. The van der Waals surface area contributed by atoms with Gasteiger partial charge in [-0.2, -0.15) is 0 Å². The van der Waals surface area contributed by atoms with Crippen LogP contribution in [0.2, 0.25) is 0 Å². The molecule has 0 bridgehead atoms. The van der Waals surface area contributed by atoms with E-state index in [4.69, 9.17) is 28.3 Å². The molecule has 11 heavy (non-hydrogen) atoms. The minimum absolute atomic E-state index is 0.00824. The van der Waals surface area contributed by atoms with Crippen molar-refractivity contribution in [3.8, 4) is 0 Å². The van der Waals surface area contributed by atoms with Crippen molar-refractivity contribution < 1.29 is 9.90 Å². The second kappa shape index (κ2) is 3.63. The number of aliphatic carboxylic acids is 1. The third kappa shape index (κ3) is 2.24. The third-order valence-electron chi connectivity index (χ3n) is 2.02. The summed E-state index contributed by atoms with van der Waals surface area (Å²) >= 11 is 11.6. The summed E-state index contributed by atoms with van der Waals surface area (Å²) in [6, 6.07) is 0. The van der Waals surface area contributed by atoms with Gasteiger partial charge in [-0.1, -0.05) is 0 Å². The normalized spacial score (nSPS) is 38.5. The summed E-state index contributed by atoms with van der Waals surface area (Å²) in [6.07, 6.45) is 2.05. The molecular weight excluding hydrogens is 187 g/mol. The van der Waals surface area contributed by atoms with Gasteiger partial charge in [0.05, 0.1) is 5.92 Å². The van der Waals surface area contributed by atoms with Crippen LogP contribution in [-0.4, -0.2) is 21.8 Å². The molecule has 1 rings (SSSR count). The van der Waals surface area contributed by atoms with Crippen LogP contribution in [-0.2, 0) is 4.79 Å². The molecule has 0 radical (unpaired) electrons. The second-order valence-electron chi connectivity index (χ2n) is 2.87. The molecule has 0 aromatic rings. The Balaban J connectivity index is 2.54. The Labute approximate surface area is 75.5 Å². The maximum atomic E-state index is 10.6. The number of carboxylic acid groups (broad SMARTS) is 1. The Kier molecular flexibility index (Phi) is 3.02. The molecule has 1 aliphatic carbocycles. The molecule has 0 spiro atoms. The van der Waals surface area contributed by atoms with Gasteiger partial charge >= 0.3 is 5.97 Å². The first kappa shape index (κ1) is 9.14. The Morgan fingerprint density at radius 3 is 2.45 bits per heavy atom. The molecule has 1 saturated carbocycles. The van der Waals surface area contributed by atoms with E-state index in [0.29, 0.717) is 12.8 Å². The van der Waals surface area contributed by atoms with Crippen LogP contribution in [0.4, 0.5) is 0 Å². The molecule has 64 valence electrons. The molecular formula is C7H10Cl2O2. The van der Waals surface area contributed by atoms with E-state index in [1.54, 1.807) is 0 Å². The van der Waals surface area contributed by atoms with Crippen LogP contribution in [0, 0.1) is 5.92 Å². The number of carboxylic acids is 1. The van der Waals surface area contributed by atoms with E-state index in [1.807, 2.05) is 0 Å². The quantitative estimate of drug-likeness (QED) is 0.653. The Morgan fingerprint density at radius 2 is 2.00 bits per heavy atom. The first-order valence-corrected chi connectivity index (χ1v) is 4.49. The largest absolute Gasteiger partial charge is 0.481 e. The van der Waals surface area contributed by atoms with Crippen molar-refractivity contribution in [2.75, 3.05) is 0 Å². The lowest BCUT2D eigenvalue weighted by atomic mass is 9.88. The molecule has 0 aromatic heterocycles. The maximum Gasteiger partial charge on any atom is 0.308 e. The van der Waals surface area contributed by atoms with Gasteiger partial charge in [0.15, 0.2) is 0 Å². The van der Waals surface area contributed by atoms with Gasteiger partial charge in [-0.25, -0.2) is 0 Å². The van der Waals surface area contributed by atoms with Crippen LogP contribution < -0.4 is 0 Å². The van der Waals surface area contributed by atoms with Crippen molar-refractivity contribution in [1.82, 2.24) is 0 Å². The van der Waals surface area contributed by atoms with Gasteiger partial charge in [-0.05, 0) is 19.3 Å². The van der Waals surface area contributed by atoms with Crippen LogP contribution in [0.15, 0.2) is 0 Å². The molecule has 2 nitrogen and oxygen atoms in total. The standard InChI is InChI=1S/C7H10Cl2O2/c8-4-1-2-6(9)5(3-4)7(10)11/h4-6H,1-3H2,(H,10,11). The lowest BCUT2D eigenvalue weighted by Crippen LogP contribution is -2.31. The van der Waals surface area contributed by atoms with E-state index >= 15 is 0 Å². The van der Waals surface area contributed by atoms with Gasteiger partial charge in [-0.3, -0.25) is 4.79 Å². The van der Waals surface area contributed by atoms with Crippen molar-refractivity contribution in [1.29, 1.82) is 0 Å². The molecule has 1 aliphatic rings. The molecule has 0 aliphatic heterocycles. The first-order chi connectivity index (χ1) is 5.11. The highest BCUT2D eigenvalue weighted by Gasteiger charge is 2.33. The fourth-order valence-electron chi connectivity index (χ4n) is 1.34. The van der Waals surface area contributed by atoms with Crippen LogP contribution in [0.1, 0.15) is 19.3 Å². The van der Waals surface area contributed by atoms with Crippen molar-refractivity contribution in [3.63, 3.8) is 0 Å². The van der Waals surface area contributed by atoms with Crippen LogP contribution in [0.3, 0.4) is 0 Å². The monoisotopic (exact) mass is 196 g/mol. The summed E-state index contributed by atoms with van der Waals surface area (Å²) in [5.74, 6) is -1.27. The Bertz CT molecular complexity index is 161. The van der Waals surface area contributed by atoms with E-state index in [1.165, 1.54) is 0 Å². The first-order valence-electron chi connectivity index (χ1n) is 3.62. The van der Waals surface area contributed by atoms with E-state index in [0.717, 1.165) is 6.42 Å². The highest BCUT2D eigenvalue weighted by molar-refractivity contribution is 6.23. The van der Waals surface area contributed by atoms with E-state index in [2.05, 4.69) is 0 Å². The van der Waals surface area contributed by atoms with Gasteiger partial charge < -0.3 is 5.11 Å². The summed E-state index contributed by atoms with van der Waals surface area (Å²) in [6.45, 7) is 0. The number of carbonyl (C=O) groups is 1. The minimum atomic E-state index is -0.824. The van der Waals surface area contributed by atoms with E-state index in [9.17, 15) is 4.79 Å². The Morgan fingerprint density at radius 1 is 1.36 bits per heavy atom. The second-order valence-corrected chi connectivity index (χ2v) is 4.05. The summed E-state index contributed by atoms with van der Waals surface area (Å²) in [5.41, 5.74) is 0. The predicted octanol–water partition coefficient (Wildman–Crippen LogP) is 2.09. The molecule has 1 fully saturated rings. The van der Waals surface area contributed by atoms with Gasteiger partial charge in [0.1, 0.15) is 0 Å². The number of alkyl halides is 2. The van der Waals surface area contributed by atoms with Gasteiger partial charge in [0.2, 0.25) is 0 Å². The topological polar surface area (TPSA) is 37.3 Å². The van der Waals surface area contributed by atoms with Gasteiger partial charge in [0.25, 0.3) is 0 Å². The molecule has 3 unspecified atom stereocenters. The number of rotatable bonds is 1. The Hall–Kier alpha value is 0.0500. The zero-order valence-electron chi connectivity index (χ0n) is 5.96. The fraction of sp³-hybridized carbons (Fsp3) is 0.857. The molecule has 0 aromatic carbocycles. The molecule has 0 saturated heterocycles. The summed E-state index contributed by atoms with van der Waals surface area (Å²) < 4.78 is 0. The lowest BCUT2D eigenvalue weighted by Gasteiger charge is -2.26. The SMILES string of the molecule is O=C(O)C1CC(Cl)CCC1Cl. The van der Waals surface area contributed by atoms with Crippen molar-refractivity contribution in [3.05, 3.63) is 0 Å². The lowest BCUT2D eigenvalue weighted by molar-refractivity contribution is -0.142. The smallest absolute Gasteiger partial charge is 0.308 e. The summed E-state index contributed by atoms with van der Waals surface area (Å²) in [7, 11) is 0. The van der Waals surface area contributed by atoms with Crippen molar-refractivity contribution >= 4 is 29.2 Å².